The number of benzene rings is 1. The average molecular weight is 370 g/mol. The molecule has 8 nitrogen and oxygen atoms in total. The summed E-state index contributed by atoms with van der Waals surface area (Å²) >= 11 is 0. The highest BCUT2D eigenvalue weighted by Gasteiger charge is 2.15. The van der Waals surface area contributed by atoms with Gasteiger partial charge in [0.15, 0.2) is 0 Å². The number of nitrogens with one attached hydrogen (secondary N) is 2. The molecule has 0 atom stereocenters. The van der Waals surface area contributed by atoms with E-state index in [2.05, 4.69) is 19.5 Å². The Bertz CT molecular complexity index is 725. The zero-order chi connectivity index (χ0) is 18.9. The average Bonchev–Trinajstić information content (AvgIpc) is 2.60. The fourth-order valence-corrected chi connectivity index (χ4v) is 2.85. The lowest BCUT2D eigenvalue weighted by atomic mass is 10.3. The van der Waals surface area contributed by atoms with E-state index >= 15 is 0 Å². The number of methoxy groups -OCH3 is 2. The monoisotopic (exact) mass is 370 g/mol. The van der Waals surface area contributed by atoms with Gasteiger partial charge >= 0.3 is 11.9 Å². The molecule has 0 saturated carbocycles. The number of hydrogen-bond donors (Lipinski definition) is 2. The fraction of sp³-hybridized carbons (Fsp3) is 0.375. The van der Waals surface area contributed by atoms with E-state index in [0.717, 1.165) is 18.9 Å². The lowest BCUT2D eigenvalue weighted by molar-refractivity contribution is -0.138. The van der Waals surface area contributed by atoms with E-state index in [4.69, 9.17) is 0 Å². The first-order valence-corrected chi connectivity index (χ1v) is 9.07. The largest absolute Gasteiger partial charge is 0.466 e. The second-order valence-corrected chi connectivity index (χ2v) is 6.74. The van der Waals surface area contributed by atoms with Crippen LogP contribution in [0.4, 0.5) is 5.69 Å². The highest BCUT2D eigenvalue weighted by atomic mass is 32.2. The molecular weight excluding hydrogens is 348 g/mol. The van der Waals surface area contributed by atoms with Gasteiger partial charge in [-0.05, 0) is 30.7 Å². The van der Waals surface area contributed by atoms with Gasteiger partial charge in [-0.15, -0.1) is 0 Å². The smallest absolute Gasteiger partial charge is 0.354 e. The van der Waals surface area contributed by atoms with Gasteiger partial charge in [0.1, 0.15) is 5.70 Å². The van der Waals surface area contributed by atoms with E-state index in [9.17, 15) is 18.0 Å². The van der Waals surface area contributed by atoms with Gasteiger partial charge in [-0.3, -0.25) is 0 Å². The van der Waals surface area contributed by atoms with Crippen LogP contribution in [0.2, 0.25) is 0 Å². The molecule has 138 valence electrons. The van der Waals surface area contributed by atoms with E-state index in [1.807, 2.05) is 6.92 Å². The standard InChI is InChI=1S/C16H22N2O6S/c1-4-5-10-17-25(21,22)13-8-6-12(7-9-13)18-14(16(20)24-3)11-15(19)23-2/h6-9,11,17-18H,4-5,10H2,1-3H3/b14-11+. The van der Waals surface area contributed by atoms with Crippen molar-refractivity contribution in [3.05, 3.63) is 36.0 Å². The van der Waals surface area contributed by atoms with Crippen molar-refractivity contribution in [2.24, 2.45) is 0 Å². The van der Waals surface area contributed by atoms with E-state index < -0.39 is 22.0 Å². The van der Waals surface area contributed by atoms with Crippen molar-refractivity contribution in [3.8, 4) is 0 Å². The normalized spacial score (nSPS) is 11.7. The molecule has 0 spiro atoms. The topological polar surface area (TPSA) is 111 Å². The molecule has 9 heteroatoms. The highest BCUT2D eigenvalue weighted by molar-refractivity contribution is 7.89. The molecule has 0 bridgehead atoms. The molecule has 0 aliphatic heterocycles. The van der Waals surface area contributed by atoms with Crippen molar-refractivity contribution < 1.29 is 27.5 Å². The van der Waals surface area contributed by atoms with Crippen LogP contribution in [0, 0.1) is 0 Å². The fourth-order valence-electron chi connectivity index (χ4n) is 1.77. The first kappa shape index (κ1) is 20.7. The first-order chi connectivity index (χ1) is 11.8. The maximum absolute atomic E-state index is 12.1. The summed E-state index contributed by atoms with van der Waals surface area (Å²) in [5.74, 6) is -1.49. The second-order valence-electron chi connectivity index (χ2n) is 4.97. The molecular formula is C16H22N2O6S. The van der Waals surface area contributed by atoms with Gasteiger partial charge in [-0.25, -0.2) is 22.7 Å². The van der Waals surface area contributed by atoms with Crippen molar-refractivity contribution in [1.29, 1.82) is 0 Å². The number of ether oxygens (including phenoxy) is 2. The Hall–Kier alpha value is -2.39. The lowest BCUT2D eigenvalue weighted by Gasteiger charge is -2.10. The summed E-state index contributed by atoms with van der Waals surface area (Å²) in [6, 6.07) is 5.73. The van der Waals surface area contributed by atoms with E-state index in [1.54, 1.807) is 0 Å². The molecule has 25 heavy (non-hydrogen) atoms. The SMILES string of the molecule is CCCCNS(=O)(=O)c1ccc(N/C(=C/C(=O)OC)C(=O)OC)cc1. The number of sulfonamides is 1. The molecule has 1 aromatic rings. The predicted molar refractivity (Wildman–Crippen MR) is 92.3 cm³/mol. The maximum Gasteiger partial charge on any atom is 0.354 e. The van der Waals surface area contributed by atoms with Crippen LogP contribution in [0.1, 0.15) is 19.8 Å². The molecule has 0 unspecified atom stereocenters. The predicted octanol–water partition coefficient (Wildman–Crippen LogP) is 1.41. The molecule has 0 radical (unpaired) electrons. The summed E-state index contributed by atoms with van der Waals surface area (Å²) in [5.41, 5.74) is 0.277. The van der Waals surface area contributed by atoms with Crippen LogP contribution in [-0.2, 0) is 29.1 Å². The summed E-state index contributed by atoms with van der Waals surface area (Å²) in [5, 5.41) is 2.70. The third kappa shape index (κ3) is 6.55. The number of esters is 2. The Kier molecular flexibility index (Phi) is 8.09. The Morgan fingerprint density at radius 1 is 1.12 bits per heavy atom. The van der Waals surface area contributed by atoms with Gasteiger partial charge < -0.3 is 14.8 Å². The molecule has 0 saturated heterocycles. The van der Waals surface area contributed by atoms with Gasteiger partial charge in [-0.1, -0.05) is 13.3 Å². The van der Waals surface area contributed by atoms with Crippen molar-refractivity contribution in [3.63, 3.8) is 0 Å². The molecule has 2 N–H and O–H groups in total. The van der Waals surface area contributed by atoms with Crippen LogP contribution >= 0.6 is 0 Å². The number of carbonyl (C=O) groups is 2. The molecule has 0 aliphatic rings. The van der Waals surface area contributed by atoms with Gasteiger partial charge in [0.25, 0.3) is 0 Å². The zero-order valence-electron chi connectivity index (χ0n) is 14.4. The molecule has 1 aromatic carbocycles. The number of unbranched alkanes of at least 4 members (excludes halogenated alkanes) is 1. The van der Waals surface area contributed by atoms with Gasteiger partial charge in [0.2, 0.25) is 10.0 Å². The summed E-state index contributed by atoms with van der Waals surface area (Å²) in [7, 11) is -1.23. The number of anilines is 1. The van der Waals surface area contributed by atoms with Crippen molar-refractivity contribution in [2.45, 2.75) is 24.7 Å². The minimum absolute atomic E-state index is 0.103. The van der Waals surface area contributed by atoms with Crippen LogP contribution in [0.25, 0.3) is 0 Å². The van der Waals surface area contributed by atoms with E-state index in [0.29, 0.717) is 12.2 Å². The minimum atomic E-state index is -3.58. The van der Waals surface area contributed by atoms with Gasteiger partial charge in [0.05, 0.1) is 25.2 Å². The Balaban J connectivity index is 2.92. The molecule has 0 fully saturated rings. The van der Waals surface area contributed by atoms with Crippen LogP contribution in [0.3, 0.4) is 0 Å². The highest BCUT2D eigenvalue weighted by Crippen LogP contribution is 2.16. The number of carbonyl (C=O) groups excluding carboxylic acids is 2. The Morgan fingerprint density at radius 3 is 2.28 bits per heavy atom. The summed E-state index contributed by atoms with van der Waals surface area (Å²) in [6.45, 7) is 2.34. The first-order valence-electron chi connectivity index (χ1n) is 7.58. The van der Waals surface area contributed by atoms with Crippen molar-refractivity contribution >= 4 is 27.6 Å². The number of hydrogen-bond acceptors (Lipinski definition) is 7. The molecule has 0 aromatic heterocycles. The minimum Gasteiger partial charge on any atom is -0.466 e. The van der Waals surface area contributed by atoms with Crippen LogP contribution < -0.4 is 10.0 Å². The second kappa shape index (κ2) is 9.80. The van der Waals surface area contributed by atoms with Crippen molar-refractivity contribution in [1.82, 2.24) is 4.72 Å². The van der Waals surface area contributed by atoms with Gasteiger partial charge in [-0.2, -0.15) is 0 Å². The molecule has 1 rings (SSSR count). The van der Waals surface area contributed by atoms with E-state index in [1.165, 1.54) is 38.5 Å². The molecule has 0 heterocycles. The lowest BCUT2D eigenvalue weighted by Crippen LogP contribution is -2.24. The summed E-state index contributed by atoms with van der Waals surface area (Å²) < 4.78 is 35.8. The Labute approximate surface area is 147 Å². The van der Waals surface area contributed by atoms with Crippen LogP contribution in [0.15, 0.2) is 40.9 Å². The third-order valence-electron chi connectivity index (χ3n) is 3.13. The van der Waals surface area contributed by atoms with Crippen LogP contribution in [0.5, 0.6) is 0 Å². The Morgan fingerprint density at radius 2 is 1.76 bits per heavy atom. The van der Waals surface area contributed by atoms with Crippen molar-refractivity contribution in [2.75, 3.05) is 26.1 Å². The maximum atomic E-state index is 12.1. The summed E-state index contributed by atoms with van der Waals surface area (Å²) in [6.07, 6.45) is 2.58. The summed E-state index contributed by atoms with van der Waals surface area (Å²) in [4.78, 5) is 23.1. The molecule has 0 aliphatic carbocycles. The van der Waals surface area contributed by atoms with Crippen LogP contribution in [-0.4, -0.2) is 41.1 Å². The quantitative estimate of drug-likeness (QED) is 0.384. The van der Waals surface area contributed by atoms with Gasteiger partial charge in [0, 0.05) is 12.2 Å². The zero-order valence-corrected chi connectivity index (χ0v) is 15.2. The van der Waals surface area contributed by atoms with E-state index in [-0.39, 0.29) is 10.6 Å². The molecule has 0 amide bonds. The third-order valence-corrected chi connectivity index (χ3v) is 4.61. The number of rotatable bonds is 9.